The molecule has 0 spiro atoms. The van der Waals surface area contributed by atoms with Crippen LogP contribution in [0.2, 0.25) is 0 Å². The molecule has 0 aliphatic carbocycles. The van der Waals surface area contributed by atoms with Gasteiger partial charge in [0.15, 0.2) is 5.75 Å². The number of pyridine rings is 1. The van der Waals surface area contributed by atoms with E-state index in [2.05, 4.69) is 39.8 Å². The molecule has 0 aliphatic rings. The summed E-state index contributed by atoms with van der Waals surface area (Å²) in [5.74, 6) is 1.47. The summed E-state index contributed by atoms with van der Waals surface area (Å²) in [5.41, 5.74) is 5.43. The largest absolute Gasteiger partial charge is 0.489 e. The molecule has 5 nitrogen and oxygen atoms in total. The quantitative estimate of drug-likeness (QED) is 0.120. The fraction of sp³-hybridized carbons (Fsp3) is 0.432. The number of allylic oxidation sites excluding steroid dienone is 4. The van der Waals surface area contributed by atoms with Crippen molar-refractivity contribution < 1.29 is 14.2 Å². The van der Waals surface area contributed by atoms with E-state index in [0.717, 1.165) is 60.6 Å². The average molecular weight is 572 g/mol. The van der Waals surface area contributed by atoms with Crippen LogP contribution in [0, 0.1) is 0 Å². The molecule has 0 atom stereocenters. The van der Waals surface area contributed by atoms with Crippen molar-refractivity contribution in [3.05, 3.63) is 99.4 Å². The highest BCUT2D eigenvalue weighted by molar-refractivity contribution is 5.89. The number of nitrogens with zero attached hydrogens (tertiary/aromatic N) is 1. The van der Waals surface area contributed by atoms with E-state index in [1.807, 2.05) is 73.0 Å². The molecule has 0 radical (unpaired) electrons. The molecule has 1 aromatic heterocycles. The number of unbranched alkanes of at least 4 members (excludes halogenated alkanes) is 3. The Labute approximate surface area is 252 Å². The molecular weight excluding hydrogens is 522 g/mol. The molecule has 3 aromatic rings. The molecule has 0 aliphatic heterocycles. The minimum atomic E-state index is -0.165. The number of aromatic nitrogens is 1. The Hall–Kier alpha value is -3.73. The zero-order valence-corrected chi connectivity index (χ0v) is 26.5. The summed E-state index contributed by atoms with van der Waals surface area (Å²) in [4.78, 5) is 14.1. The van der Waals surface area contributed by atoms with Crippen molar-refractivity contribution in [3.63, 3.8) is 0 Å². The minimum absolute atomic E-state index is 0.165. The van der Waals surface area contributed by atoms with Gasteiger partial charge in [0.1, 0.15) is 25.6 Å². The molecule has 2 aromatic carbocycles. The topological polar surface area (TPSA) is 49.7 Å². The number of aryl methyl sites for hydroxylation is 1. The summed E-state index contributed by atoms with van der Waals surface area (Å²) in [6.45, 7) is 14.3. The lowest BCUT2D eigenvalue weighted by atomic mass is 10.1. The maximum Gasteiger partial charge on any atom is 0.297 e. The molecule has 42 heavy (non-hydrogen) atoms. The third-order valence-corrected chi connectivity index (χ3v) is 7.10. The molecule has 0 saturated heterocycles. The SMILES string of the molecule is CCCCCCn1c(=O)c(OC/C=C(\C)CCC=C(C)C)c(OCC=C(C)C)c2ccc(OCc3ccccc3)cc21. The predicted molar refractivity (Wildman–Crippen MR) is 176 cm³/mol. The van der Waals surface area contributed by atoms with Crippen LogP contribution in [0.1, 0.15) is 85.6 Å². The Balaban J connectivity index is 2.01. The zero-order valence-electron chi connectivity index (χ0n) is 26.5. The van der Waals surface area contributed by atoms with Gasteiger partial charge in [-0.25, -0.2) is 0 Å². The van der Waals surface area contributed by atoms with Crippen LogP contribution in [-0.4, -0.2) is 17.8 Å². The highest BCUT2D eigenvalue weighted by Crippen LogP contribution is 2.35. The summed E-state index contributed by atoms with van der Waals surface area (Å²) in [6, 6.07) is 16.0. The van der Waals surface area contributed by atoms with Gasteiger partial charge in [0.2, 0.25) is 5.75 Å². The minimum Gasteiger partial charge on any atom is -0.489 e. The molecule has 0 fully saturated rings. The highest BCUT2D eigenvalue weighted by Gasteiger charge is 2.20. The lowest BCUT2D eigenvalue weighted by Gasteiger charge is -2.19. The first-order chi connectivity index (χ1) is 20.3. The van der Waals surface area contributed by atoms with Crippen LogP contribution in [0.25, 0.3) is 10.9 Å². The third-order valence-electron chi connectivity index (χ3n) is 7.10. The van der Waals surface area contributed by atoms with Crippen LogP contribution < -0.4 is 19.8 Å². The fourth-order valence-electron chi connectivity index (χ4n) is 4.65. The van der Waals surface area contributed by atoms with E-state index < -0.39 is 0 Å². The Morgan fingerprint density at radius 3 is 2.21 bits per heavy atom. The lowest BCUT2D eigenvalue weighted by Crippen LogP contribution is -2.24. The Morgan fingerprint density at radius 1 is 0.786 bits per heavy atom. The van der Waals surface area contributed by atoms with Crippen molar-refractivity contribution in [2.75, 3.05) is 13.2 Å². The number of rotatable bonds is 17. The Kier molecular flexibility index (Phi) is 13.5. The van der Waals surface area contributed by atoms with Gasteiger partial charge < -0.3 is 18.8 Å². The average Bonchev–Trinajstić information content (AvgIpc) is 2.96. The molecule has 1 heterocycles. The van der Waals surface area contributed by atoms with E-state index in [1.165, 1.54) is 11.1 Å². The summed E-state index contributed by atoms with van der Waals surface area (Å²) in [6.07, 6.45) is 12.5. The van der Waals surface area contributed by atoms with Gasteiger partial charge in [0.05, 0.1) is 5.52 Å². The second-order valence-corrected chi connectivity index (χ2v) is 11.4. The van der Waals surface area contributed by atoms with Gasteiger partial charge in [-0.2, -0.15) is 0 Å². The van der Waals surface area contributed by atoms with E-state index in [1.54, 1.807) is 0 Å². The van der Waals surface area contributed by atoms with Crippen LogP contribution >= 0.6 is 0 Å². The molecular formula is C37H49NO4. The summed E-state index contributed by atoms with van der Waals surface area (Å²) in [7, 11) is 0. The van der Waals surface area contributed by atoms with Crippen molar-refractivity contribution >= 4 is 10.9 Å². The predicted octanol–water partition coefficient (Wildman–Crippen LogP) is 9.58. The molecule has 0 saturated carbocycles. The molecule has 0 unspecified atom stereocenters. The van der Waals surface area contributed by atoms with Crippen LogP contribution in [0.4, 0.5) is 0 Å². The number of hydrogen-bond donors (Lipinski definition) is 0. The standard InChI is InChI=1S/C37H49NO4/c1-7-8-9-13-23-38-34-26-32(42-27-31-17-11-10-12-18-31)19-20-33(34)35(40-24-21-29(4)5)36(37(38)39)41-25-22-30(6)16-14-15-28(2)3/h10-12,15,17-22,26H,7-9,13-14,16,23-25,27H2,1-6H3/b30-22+. The summed E-state index contributed by atoms with van der Waals surface area (Å²) >= 11 is 0. The van der Waals surface area contributed by atoms with Gasteiger partial charge >= 0.3 is 0 Å². The van der Waals surface area contributed by atoms with E-state index >= 15 is 0 Å². The maximum absolute atomic E-state index is 14.1. The molecule has 0 amide bonds. The molecule has 3 rings (SSSR count). The molecule has 0 bridgehead atoms. The zero-order chi connectivity index (χ0) is 30.3. The van der Waals surface area contributed by atoms with Gasteiger partial charge in [-0.3, -0.25) is 4.79 Å². The van der Waals surface area contributed by atoms with E-state index in [0.29, 0.717) is 37.9 Å². The number of fused-ring (bicyclic) bond motifs is 1. The smallest absolute Gasteiger partial charge is 0.297 e. The van der Waals surface area contributed by atoms with Crippen molar-refractivity contribution in [3.8, 4) is 17.2 Å². The fourth-order valence-corrected chi connectivity index (χ4v) is 4.65. The van der Waals surface area contributed by atoms with Gasteiger partial charge in [0, 0.05) is 18.0 Å². The number of hydrogen-bond acceptors (Lipinski definition) is 4. The number of ether oxygens (including phenoxy) is 3. The van der Waals surface area contributed by atoms with Crippen molar-refractivity contribution in [2.45, 2.75) is 93.2 Å². The van der Waals surface area contributed by atoms with Crippen LogP contribution in [0.15, 0.2) is 88.3 Å². The monoisotopic (exact) mass is 571 g/mol. The summed E-state index contributed by atoms with van der Waals surface area (Å²) < 4.78 is 20.5. The van der Waals surface area contributed by atoms with Crippen molar-refractivity contribution in [2.24, 2.45) is 0 Å². The second kappa shape index (κ2) is 17.3. The van der Waals surface area contributed by atoms with Crippen LogP contribution in [0.5, 0.6) is 17.2 Å². The summed E-state index contributed by atoms with van der Waals surface area (Å²) in [5, 5.41) is 0.846. The van der Waals surface area contributed by atoms with Gasteiger partial charge in [0.25, 0.3) is 5.56 Å². The number of benzene rings is 2. The third kappa shape index (κ3) is 10.3. The first kappa shape index (κ1) is 32.8. The Morgan fingerprint density at radius 2 is 1.50 bits per heavy atom. The van der Waals surface area contributed by atoms with Crippen molar-refractivity contribution in [1.29, 1.82) is 0 Å². The lowest BCUT2D eigenvalue weighted by molar-refractivity contribution is 0.302. The highest BCUT2D eigenvalue weighted by atomic mass is 16.5. The van der Waals surface area contributed by atoms with E-state index in [9.17, 15) is 4.79 Å². The van der Waals surface area contributed by atoms with Gasteiger partial charge in [-0.1, -0.05) is 79.3 Å². The second-order valence-electron chi connectivity index (χ2n) is 11.4. The van der Waals surface area contributed by atoms with E-state index in [-0.39, 0.29) is 11.3 Å². The van der Waals surface area contributed by atoms with Crippen molar-refractivity contribution in [1.82, 2.24) is 4.57 Å². The van der Waals surface area contributed by atoms with E-state index in [4.69, 9.17) is 14.2 Å². The maximum atomic E-state index is 14.1. The molecule has 0 N–H and O–H groups in total. The first-order valence-corrected chi connectivity index (χ1v) is 15.3. The normalized spacial score (nSPS) is 11.3. The van der Waals surface area contributed by atoms with Crippen LogP contribution in [0.3, 0.4) is 0 Å². The van der Waals surface area contributed by atoms with Crippen LogP contribution in [-0.2, 0) is 13.2 Å². The molecule has 5 heteroatoms. The van der Waals surface area contributed by atoms with Gasteiger partial charge in [-0.05, 0) is 83.7 Å². The first-order valence-electron chi connectivity index (χ1n) is 15.3. The molecule has 226 valence electrons. The van der Waals surface area contributed by atoms with Gasteiger partial charge in [-0.15, -0.1) is 0 Å². The Bertz CT molecular complexity index is 1420.